The monoisotopic (exact) mass is 465 g/mol. The number of halogens is 1. The summed E-state index contributed by atoms with van der Waals surface area (Å²) >= 11 is 0. The van der Waals surface area contributed by atoms with Crippen LogP contribution in [0.2, 0.25) is 0 Å². The fourth-order valence-electron chi connectivity index (χ4n) is 4.78. The number of amides is 1. The Morgan fingerprint density at radius 3 is 2.39 bits per heavy atom. The zero-order chi connectivity index (χ0) is 22.5. The predicted octanol–water partition coefficient (Wildman–Crippen LogP) is 2.88. The van der Waals surface area contributed by atoms with Gasteiger partial charge in [0.05, 0.1) is 16.4 Å². The summed E-state index contributed by atoms with van der Waals surface area (Å²) in [7, 11) is 1.76. The topological polar surface area (TPSA) is 105 Å². The third kappa shape index (κ3) is 4.02. The van der Waals surface area contributed by atoms with E-state index in [-0.39, 0.29) is 29.7 Å². The quantitative estimate of drug-likeness (QED) is 0.446. The highest BCUT2D eigenvalue weighted by molar-refractivity contribution is 5.95. The van der Waals surface area contributed by atoms with Crippen molar-refractivity contribution in [3.8, 4) is 0 Å². The predicted molar refractivity (Wildman–Crippen MR) is 131 cm³/mol. The van der Waals surface area contributed by atoms with E-state index >= 15 is 0 Å². The van der Waals surface area contributed by atoms with Crippen LogP contribution in [0, 0.1) is 5.41 Å². The van der Waals surface area contributed by atoms with Gasteiger partial charge in [0.15, 0.2) is 0 Å². The van der Waals surface area contributed by atoms with E-state index in [4.69, 9.17) is 16.1 Å². The van der Waals surface area contributed by atoms with Gasteiger partial charge in [-0.15, -0.1) is 12.4 Å². The molecule has 1 aliphatic heterocycles. The van der Waals surface area contributed by atoms with Crippen LogP contribution in [0.4, 0.5) is 0 Å². The maximum absolute atomic E-state index is 13.2. The fraction of sp³-hybridized carbons (Fsp3) is 0.360. The molecule has 5 rings (SSSR count). The minimum atomic E-state index is -0.419. The first-order valence-corrected chi connectivity index (χ1v) is 11.1. The highest BCUT2D eigenvalue weighted by Crippen LogP contribution is 2.50. The summed E-state index contributed by atoms with van der Waals surface area (Å²) in [5, 5.41) is 7.52. The molecule has 0 unspecified atom stereocenters. The highest BCUT2D eigenvalue weighted by atomic mass is 35.5. The SMILES string of the molecule is Cl.Cn1c(=O)c(Cc2ccc(C(=N)N)cc2)nc2cc(C3(C(=O)N4CCCC4)CC3)ccc21. The number of nitrogen functional groups attached to an aromatic ring is 1. The zero-order valence-electron chi connectivity index (χ0n) is 18.6. The molecule has 0 bridgehead atoms. The Morgan fingerprint density at radius 2 is 1.79 bits per heavy atom. The Hall–Kier alpha value is -3.19. The van der Waals surface area contributed by atoms with Crippen molar-refractivity contribution in [2.24, 2.45) is 12.8 Å². The standard InChI is InChI=1S/C25H27N5O2.ClH/c1-29-21-9-8-18(25(10-11-25)24(32)30-12-2-3-13-30)15-19(21)28-20(23(29)31)14-16-4-6-17(7-5-16)22(26)27;/h4-9,15H,2-3,10-14H2,1H3,(H3,26,27);1H. The van der Waals surface area contributed by atoms with Crippen LogP contribution in [0.5, 0.6) is 0 Å². The minimum absolute atomic E-state index is 0. The number of benzene rings is 2. The van der Waals surface area contributed by atoms with Crippen molar-refractivity contribution in [2.75, 3.05) is 13.1 Å². The van der Waals surface area contributed by atoms with Crippen LogP contribution in [-0.4, -0.2) is 39.3 Å². The van der Waals surface area contributed by atoms with Gasteiger partial charge in [0.25, 0.3) is 5.56 Å². The number of nitrogens with zero attached hydrogens (tertiary/aromatic N) is 3. The molecular formula is C25H28ClN5O2. The second kappa shape index (κ2) is 8.63. The van der Waals surface area contributed by atoms with Crippen molar-refractivity contribution in [2.45, 2.75) is 37.5 Å². The summed E-state index contributed by atoms with van der Waals surface area (Å²) < 4.78 is 1.63. The lowest BCUT2D eigenvalue weighted by Gasteiger charge is -2.23. The molecule has 2 fully saturated rings. The van der Waals surface area contributed by atoms with Crippen molar-refractivity contribution < 1.29 is 4.79 Å². The molecule has 3 aromatic rings. The molecular weight excluding hydrogens is 438 g/mol. The van der Waals surface area contributed by atoms with E-state index in [1.165, 1.54) is 0 Å². The molecule has 1 aromatic heterocycles. The normalized spacial score (nSPS) is 16.5. The van der Waals surface area contributed by atoms with Gasteiger partial charge in [-0.25, -0.2) is 4.98 Å². The number of amidine groups is 1. The van der Waals surface area contributed by atoms with Crippen LogP contribution < -0.4 is 11.3 Å². The van der Waals surface area contributed by atoms with Gasteiger partial charge in [0.2, 0.25) is 5.91 Å². The molecule has 1 saturated heterocycles. The number of nitrogens with one attached hydrogen (secondary N) is 1. The summed E-state index contributed by atoms with van der Waals surface area (Å²) in [6.45, 7) is 1.71. The third-order valence-corrected chi connectivity index (χ3v) is 6.89. The van der Waals surface area contributed by atoms with Crippen molar-refractivity contribution in [1.29, 1.82) is 5.41 Å². The van der Waals surface area contributed by atoms with Crippen molar-refractivity contribution >= 4 is 35.2 Å². The molecule has 2 heterocycles. The van der Waals surface area contributed by atoms with Crippen molar-refractivity contribution in [3.63, 3.8) is 0 Å². The molecule has 1 amide bonds. The van der Waals surface area contributed by atoms with Crippen LogP contribution in [-0.2, 0) is 23.7 Å². The van der Waals surface area contributed by atoms with Crippen LogP contribution >= 0.6 is 12.4 Å². The molecule has 1 aliphatic carbocycles. The summed E-state index contributed by atoms with van der Waals surface area (Å²) in [5.41, 5.74) is 9.52. The number of carbonyl (C=O) groups excluding carboxylic acids is 1. The number of hydrogen-bond acceptors (Lipinski definition) is 4. The Balaban J connectivity index is 0.00000259. The largest absolute Gasteiger partial charge is 0.384 e. The highest BCUT2D eigenvalue weighted by Gasteiger charge is 2.53. The second-order valence-electron chi connectivity index (χ2n) is 8.99. The summed E-state index contributed by atoms with van der Waals surface area (Å²) in [6.07, 6.45) is 4.30. The summed E-state index contributed by atoms with van der Waals surface area (Å²) in [5.74, 6) is 0.256. The second-order valence-corrected chi connectivity index (χ2v) is 8.99. The minimum Gasteiger partial charge on any atom is -0.384 e. The molecule has 3 N–H and O–H groups in total. The molecule has 2 aromatic carbocycles. The van der Waals surface area contributed by atoms with Crippen LogP contribution in [0.15, 0.2) is 47.3 Å². The van der Waals surface area contributed by atoms with E-state index in [9.17, 15) is 9.59 Å². The van der Waals surface area contributed by atoms with Gasteiger partial charge in [-0.3, -0.25) is 15.0 Å². The third-order valence-electron chi connectivity index (χ3n) is 6.89. The van der Waals surface area contributed by atoms with E-state index in [2.05, 4.69) is 0 Å². The molecule has 172 valence electrons. The molecule has 1 saturated carbocycles. The molecule has 0 radical (unpaired) electrons. The first kappa shape index (κ1) is 23.0. The number of fused-ring (bicyclic) bond motifs is 1. The van der Waals surface area contributed by atoms with Gasteiger partial charge in [-0.1, -0.05) is 30.3 Å². The molecule has 33 heavy (non-hydrogen) atoms. The van der Waals surface area contributed by atoms with E-state index in [1.807, 2.05) is 35.2 Å². The molecule has 0 atom stereocenters. The molecule has 2 aliphatic rings. The Bertz CT molecular complexity index is 1290. The van der Waals surface area contributed by atoms with Gasteiger partial charge in [-0.05, 0) is 48.9 Å². The molecule has 7 nitrogen and oxygen atoms in total. The van der Waals surface area contributed by atoms with Crippen molar-refractivity contribution in [3.05, 3.63) is 75.2 Å². The smallest absolute Gasteiger partial charge is 0.272 e. The first-order chi connectivity index (χ1) is 15.4. The van der Waals surface area contributed by atoms with Gasteiger partial charge >= 0.3 is 0 Å². The lowest BCUT2D eigenvalue weighted by molar-refractivity contribution is -0.132. The summed E-state index contributed by atoms with van der Waals surface area (Å²) in [6, 6.07) is 13.2. The Labute approximate surface area is 198 Å². The molecule has 8 heteroatoms. The van der Waals surface area contributed by atoms with Crippen LogP contribution in [0.1, 0.15) is 48.1 Å². The number of likely N-dealkylation sites (tertiary alicyclic amines) is 1. The number of nitrogens with two attached hydrogens (primary N) is 1. The van der Waals surface area contributed by atoms with Crippen LogP contribution in [0.25, 0.3) is 11.0 Å². The number of aromatic nitrogens is 2. The van der Waals surface area contributed by atoms with Gasteiger partial charge < -0.3 is 15.2 Å². The molecule has 0 spiro atoms. The van der Waals surface area contributed by atoms with Crippen LogP contribution in [0.3, 0.4) is 0 Å². The lowest BCUT2D eigenvalue weighted by atomic mass is 9.93. The average Bonchev–Trinajstić information content (AvgIpc) is 3.42. The van der Waals surface area contributed by atoms with Gasteiger partial charge in [0, 0.05) is 32.1 Å². The maximum Gasteiger partial charge on any atom is 0.272 e. The fourth-order valence-corrected chi connectivity index (χ4v) is 4.78. The first-order valence-electron chi connectivity index (χ1n) is 11.1. The van der Waals surface area contributed by atoms with E-state index in [0.29, 0.717) is 17.7 Å². The Morgan fingerprint density at radius 1 is 1.12 bits per heavy atom. The number of carbonyl (C=O) groups is 1. The van der Waals surface area contributed by atoms with E-state index < -0.39 is 5.41 Å². The maximum atomic E-state index is 13.2. The van der Waals surface area contributed by atoms with E-state index in [0.717, 1.165) is 60.9 Å². The number of hydrogen-bond donors (Lipinski definition) is 2. The van der Waals surface area contributed by atoms with Gasteiger partial charge in [0.1, 0.15) is 11.5 Å². The zero-order valence-corrected chi connectivity index (χ0v) is 19.5. The summed E-state index contributed by atoms with van der Waals surface area (Å²) in [4.78, 5) is 32.8. The number of rotatable bonds is 5. The lowest BCUT2D eigenvalue weighted by Crippen LogP contribution is -2.37. The van der Waals surface area contributed by atoms with E-state index in [1.54, 1.807) is 23.7 Å². The van der Waals surface area contributed by atoms with Crippen molar-refractivity contribution in [1.82, 2.24) is 14.5 Å². The Kier molecular flexibility index (Phi) is 6.01. The average molecular weight is 466 g/mol. The van der Waals surface area contributed by atoms with Gasteiger partial charge in [-0.2, -0.15) is 0 Å². The number of aryl methyl sites for hydroxylation is 1.